The molecule has 2 aromatic rings. The van der Waals surface area contributed by atoms with Crippen LogP contribution in [0.3, 0.4) is 0 Å². The van der Waals surface area contributed by atoms with E-state index in [0.29, 0.717) is 25.2 Å². The Morgan fingerprint density at radius 2 is 1.77 bits per heavy atom. The zero-order chi connectivity index (χ0) is 18.7. The summed E-state index contributed by atoms with van der Waals surface area (Å²) in [6.07, 6.45) is -0.0531. The van der Waals surface area contributed by atoms with Crippen molar-refractivity contribution >= 4 is 21.6 Å². The van der Waals surface area contributed by atoms with E-state index in [0.717, 1.165) is 11.3 Å². The molecule has 0 fully saturated rings. The van der Waals surface area contributed by atoms with Crippen LogP contribution in [0.4, 0.5) is 5.69 Å². The van der Waals surface area contributed by atoms with Gasteiger partial charge in [-0.05, 0) is 35.9 Å². The van der Waals surface area contributed by atoms with E-state index in [-0.39, 0.29) is 10.8 Å². The number of para-hydroxylation sites is 1. The van der Waals surface area contributed by atoms with Crippen molar-refractivity contribution in [1.29, 1.82) is 0 Å². The van der Waals surface area contributed by atoms with Gasteiger partial charge in [0.15, 0.2) is 6.10 Å². The molecule has 1 aliphatic rings. The minimum absolute atomic E-state index is 0.212. The van der Waals surface area contributed by atoms with Crippen LogP contribution >= 0.6 is 0 Å². The van der Waals surface area contributed by atoms with E-state index in [1.807, 2.05) is 24.3 Å². The van der Waals surface area contributed by atoms with Gasteiger partial charge in [0.1, 0.15) is 5.75 Å². The summed E-state index contributed by atoms with van der Waals surface area (Å²) in [4.78, 5) is 12.6. The summed E-state index contributed by atoms with van der Waals surface area (Å²) in [6, 6.07) is 13.8. The maximum atomic E-state index is 12.5. The molecule has 7 heteroatoms. The number of benzene rings is 2. The first-order chi connectivity index (χ1) is 12.5. The molecule has 0 aliphatic carbocycles. The van der Waals surface area contributed by atoms with E-state index in [2.05, 4.69) is 5.32 Å². The Morgan fingerprint density at radius 3 is 2.38 bits per heavy atom. The second-order valence-electron chi connectivity index (χ2n) is 6.02. The first kappa shape index (κ1) is 18.4. The lowest BCUT2D eigenvalue weighted by atomic mass is 10.1. The minimum Gasteiger partial charge on any atom is -0.480 e. The lowest BCUT2D eigenvalue weighted by Gasteiger charge is -2.18. The number of anilines is 1. The van der Waals surface area contributed by atoms with E-state index in [1.165, 1.54) is 16.4 Å². The Balaban J connectivity index is 1.68. The quantitative estimate of drug-likeness (QED) is 0.843. The fourth-order valence-electron chi connectivity index (χ4n) is 2.97. The first-order valence-corrected chi connectivity index (χ1v) is 10.0. The van der Waals surface area contributed by atoms with Crippen molar-refractivity contribution in [2.45, 2.75) is 31.3 Å². The largest absolute Gasteiger partial charge is 0.480 e. The summed E-state index contributed by atoms with van der Waals surface area (Å²) < 4.78 is 32.0. The SMILES string of the molecule is CCN(CC)S(=O)(=O)c1ccc(NC(=O)[C@@H]2Cc3ccccc3O2)cc1. The van der Waals surface area contributed by atoms with Crippen LogP contribution in [-0.4, -0.2) is 37.8 Å². The van der Waals surface area contributed by atoms with E-state index in [4.69, 9.17) is 4.74 Å². The topological polar surface area (TPSA) is 75.7 Å². The van der Waals surface area contributed by atoms with Crippen LogP contribution in [0.5, 0.6) is 5.75 Å². The summed E-state index contributed by atoms with van der Waals surface area (Å²) in [6.45, 7) is 4.43. The third kappa shape index (κ3) is 3.59. The maximum absolute atomic E-state index is 12.5. The Labute approximate surface area is 153 Å². The summed E-state index contributed by atoms with van der Waals surface area (Å²) in [7, 11) is -3.50. The molecule has 1 N–H and O–H groups in total. The highest BCUT2D eigenvalue weighted by atomic mass is 32.2. The molecule has 0 unspecified atom stereocenters. The van der Waals surface area contributed by atoms with Gasteiger partial charge in [0.05, 0.1) is 4.90 Å². The standard InChI is InChI=1S/C19H22N2O4S/c1-3-21(4-2)26(23,24)16-11-9-15(10-12-16)20-19(22)18-13-14-7-5-6-8-17(14)25-18/h5-12,18H,3-4,13H2,1-2H3,(H,20,22)/t18-/m0/s1. The fraction of sp³-hybridized carbons (Fsp3) is 0.316. The summed E-state index contributed by atoms with van der Waals surface area (Å²) >= 11 is 0. The van der Waals surface area contributed by atoms with Crippen molar-refractivity contribution in [3.8, 4) is 5.75 Å². The van der Waals surface area contributed by atoms with Crippen LogP contribution in [0.1, 0.15) is 19.4 Å². The van der Waals surface area contributed by atoms with Crippen molar-refractivity contribution in [1.82, 2.24) is 4.31 Å². The van der Waals surface area contributed by atoms with Gasteiger partial charge in [0, 0.05) is 25.2 Å². The zero-order valence-corrected chi connectivity index (χ0v) is 15.6. The number of ether oxygens (including phenoxy) is 1. The number of nitrogens with one attached hydrogen (secondary N) is 1. The molecule has 1 heterocycles. The van der Waals surface area contributed by atoms with Crippen LogP contribution in [0, 0.1) is 0 Å². The molecule has 6 nitrogen and oxygen atoms in total. The molecule has 1 atom stereocenters. The van der Waals surface area contributed by atoms with Crippen molar-refractivity contribution in [3.05, 3.63) is 54.1 Å². The number of nitrogens with zero attached hydrogens (tertiary/aromatic N) is 1. The number of fused-ring (bicyclic) bond motifs is 1. The number of rotatable bonds is 6. The Kier molecular flexibility index (Phi) is 5.29. The van der Waals surface area contributed by atoms with Gasteiger partial charge < -0.3 is 10.1 Å². The molecule has 3 rings (SSSR count). The third-order valence-electron chi connectivity index (χ3n) is 4.40. The fourth-order valence-corrected chi connectivity index (χ4v) is 4.43. The van der Waals surface area contributed by atoms with Gasteiger partial charge in [-0.1, -0.05) is 32.0 Å². The van der Waals surface area contributed by atoms with Gasteiger partial charge in [0.2, 0.25) is 10.0 Å². The Bertz CT molecular complexity index is 865. The lowest BCUT2D eigenvalue weighted by molar-refractivity contribution is -0.122. The molecular weight excluding hydrogens is 352 g/mol. The van der Waals surface area contributed by atoms with E-state index in [9.17, 15) is 13.2 Å². The molecule has 2 aromatic carbocycles. The molecule has 0 spiro atoms. The number of carbonyl (C=O) groups excluding carboxylic acids is 1. The summed E-state index contributed by atoms with van der Waals surface area (Å²) in [5.41, 5.74) is 1.54. The average molecular weight is 374 g/mol. The van der Waals surface area contributed by atoms with Crippen molar-refractivity contribution in [2.75, 3.05) is 18.4 Å². The number of amides is 1. The molecule has 0 saturated carbocycles. The van der Waals surface area contributed by atoms with Crippen LogP contribution in [0.25, 0.3) is 0 Å². The molecule has 1 amide bonds. The lowest BCUT2D eigenvalue weighted by Crippen LogP contribution is -2.31. The van der Waals surface area contributed by atoms with Crippen LogP contribution in [0.2, 0.25) is 0 Å². The van der Waals surface area contributed by atoms with Gasteiger partial charge in [-0.15, -0.1) is 0 Å². The second kappa shape index (κ2) is 7.47. The van der Waals surface area contributed by atoms with Crippen molar-refractivity contribution in [2.24, 2.45) is 0 Å². The molecular formula is C19H22N2O4S. The second-order valence-corrected chi connectivity index (χ2v) is 7.96. The van der Waals surface area contributed by atoms with Gasteiger partial charge >= 0.3 is 0 Å². The van der Waals surface area contributed by atoms with Crippen LogP contribution in [0.15, 0.2) is 53.4 Å². The number of hydrogen-bond donors (Lipinski definition) is 1. The normalized spacial score (nSPS) is 16.2. The minimum atomic E-state index is -3.50. The maximum Gasteiger partial charge on any atom is 0.265 e. The van der Waals surface area contributed by atoms with Crippen LogP contribution in [-0.2, 0) is 21.2 Å². The highest BCUT2D eigenvalue weighted by Crippen LogP contribution is 2.28. The van der Waals surface area contributed by atoms with Gasteiger partial charge in [0.25, 0.3) is 5.91 Å². The van der Waals surface area contributed by atoms with Gasteiger partial charge in [-0.25, -0.2) is 8.42 Å². The smallest absolute Gasteiger partial charge is 0.265 e. The molecule has 26 heavy (non-hydrogen) atoms. The van der Waals surface area contributed by atoms with Crippen LogP contribution < -0.4 is 10.1 Å². The summed E-state index contributed by atoms with van der Waals surface area (Å²) in [5.74, 6) is 0.480. The number of carbonyl (C=O) groups is 1. The van der Waals surface area contributed by atoms with E-state index >= 15 is 0 Å². The number of sulfonamides is 1. The molecule has 0 radical (unpaired) electrons. The average Bonchev–Trinajstić information content (AvgIpc) is 3.07. The van der Waals surface area contributed by atoms with E-state index in [1.54, 1.807) is 26.0 Å². The molecule has 138 valence electrons. The van der Waals surface area contributed by atoms with E-state index < -0.39 is 16.1 Å². The number of hydrogen-bond acceptors (Lipinski definition) is 4. The van der Waals surface area contributed by atoms with Gasteiger partial charge in [-0.2, -0.15) is 4.31 Å². The third-order valence-corrected chi connectivity index (χ3v) is 6.47. The predicted octanol–water partition coefficient (Wildman–Crippen LogP) is 2.66. The first-order valence-electron chi connectivity index (χ1n) is 8.61. The van der Waals surface area contributed by atoms with Crippen molar-refractivity contribution in [3.63, 3.8) is 0 Å². The van der Waals surface area contributed by atoms with Crippen molar-refractivity contribution < 1.29 is 17.9 Å². The zero-order valence-electron chi connectivity index (χ0n) is 14.8. The highest BCUT2D eigenvalue weighted by molar-refractivity contribution is 7.89. The molecule has 0 saturated heterocycles. The Morgan fingerprint density at radius 1 is 1.12 bits per heavy atom. The highest BCUT2D eigenvalue weighted by Gasteiger charge is 2.29. The molecule has 0 aromatic heterocycles. The van der Waals surface area contributed by atoms with Gasteiger partial charge in [-0.3, -0.25) is 4.79 Å². The molecule has 1 aliphatic heterocycles. The predicted molar refractivity (Wildman–Crippen MR) is 99.7 cm³/mol. The summed E-state index contributed by atoms with van der Waals surface area (Å²) in [5, 5.41) is 2.78. The monoisotopic (exact) mass is 374 g/mol. The Hall–Kier alpha value is -2.38. The molecule has 0 bridgehead atoms.